The molecule has 0 saturated carbocycles. The number of aryl methyl sites for hydroxylation is 1. The van der Waals surface area contributed by atoms with Gasteiger partial charge in [0.1, 0.15) is 0 Å². The summed E-state index contributed by atoms with van der Waals surface area (Å²) >= 11 is 4.16. The van der Waals surface area contributed by atoms with Gasteiger partial charge in [0.05, 0.1) is 0 Å². The average Bonchev–Trinajstić information content (AvgIpc) is 2.59. The van der Waals surface area contributed by atoms with Gasteiger partial charge in [0.2, 0.25) is 0 Å². The Morgan fingerprint density at radius 1 is 1.21 bits per heavy atom. The fraction of sp³-hybridized carbons (Fsp3) is 0.316. The summed E-state index contributed by atoms with van der Waals surface area (Å²) in [6.45, 7) is 5.41. The minimum atomic E-state index is -0.0994. The largest absolute Gasteiger partial charge is 0.326 e. The second-order valence-corrected chi connectivity index (χ2v) is 6.34. The van der Waals surface area contributed by atoms with Crippen LogP contribution in [-0.2, 0) is 6.54 Å². The molecule has 2 aromatic carbocycles. The number of hydrogen-bond acceptors (Lipinski definition) is 4. The Bertz CT molecular complexity index is 703. The van der Waals surface area contributed by atoms with E-state index in [1.165, 1.54) is 0 Å². The van der Waals surface area contributed by atoms with Crippen LogP contribution >= 0.6 is 12.6 Å². The molecule has 128 valence electrons. The van der Waals surface area contributed by atoms with Gasteiger partial charge in [-0.2, -0.15) is 12.6 Å². The van der Waals surface area contributed by atoms with Crippen molar-refractivity contribution in [1.82, 2.24) is 5.32 Å². The molecule has 0 aliphatic rings. The van der Waals surface area contributed by atoms with Gasteiger partial charge in [-0.1, -0.05) is 24.3 Å². The summed E-state index contributed by atoms with van der Waals surface area (Å²) in [5.41, 5.74) is 10.6. The number of anilines is 1. The van der Waals surface area contributed by atoms with Crippen LogP contribution < -0.4 is 16.4 Å². The summed E-state index contributed by atoms with van der Waals surface area (Å²) in [6.07, 6.45) is 0. The highest BCUT2D eigenvalue weighted by Gasteiger charge is 2.09. The Balaban J connectivity index is 2.02. The van der Waals surface area contributed by atoms with E-state index in [4.69, 9.17) is 5.73 Å². The lowest BCUT2D eigenvalue weighted by molar-refractivity contribution is 0.102. The predicted octanol–water partition coefficient (Wildman–Crippen LogP) is 2.90. The van der Waals surface area contributed by atoms with Gasteiger partial charge in [0, 0.05) is 36.1 Å². The van der Waals surface area contributed by atoms with E-state index in [1.54, 1.807) is 0 Å². The molecule has 1 atom stereocenters. The van der Waals surface area contributed by atoms with Crippen LogP contribution in [-0.4, -0.2) is 24.2 Å². The standard InChI is InChI=1S/C19H25N3OS/c1-13-5-3-8-18(14(13)2)22-19(23)16-7-4-6-15(9-16)10-21-11-17(20)12-24/h3-9,17,21,24H,10-12,20H2,1-2H3,(H,22,23)/t17-/m1/s1. The van der Waals surface area contributed by atoms with E-state index in [9.17, 15) is 4.79 Å². The van der Waals surface area contributed by atoms with Crippen LogP contribution in [0, 0.1) is 13.8 Å². The Morgan fingerprint density at radius 3 is 2.71 bits per heavy atom. The molecule has 0 aliphatic heterocycles. The van der Waals surface area contributed by atoms with E-state index >= 15 is 0 Å². The normalized spacial score (nSPS) is 12.0. The van der Waals surface area contributed by atoms with Gasteiger partial charge in [-0.15, -0.1) is 0 Å². The highest BCUT2D eigenvalue weighted by atomic mass is 32.1. The monoisotopic (exact) mass is 343 g/mol. The highest BCUT2D eigenvalue weighted by molar-refractivity contribution is 7.80. The molecule has 0 fully saturated rings. The molecular formula is C19H25N3OS. The van der Waals surface area contributed by atoms with Crippen molar-refractivity contribution >= 4 is 24.2 Å². The average molecular weight is 343 g/mol. The van der Waals surface area contributed by atoms with Gasteiger partial charge < -0.3 is 16.4 Å². The zero-order chi connectivity index (χ0) is 17.5. The van der Waals surface area contributed by atoms with Crippen LogP contribution in [0.15, 0.2) is 42.5 Å². The summed E-state index contributed by atoms with van der Waals surface area (Å²) < 4.78 is 0. The second kappa shape index (κ2) is 8.87. The molecule has 2 rings (SSSR count). The predicted molar refractivity (Wildman–Crippen MR) is 104 cm³/mol. The van der Waals surface area contributed by atoms with Crippen molar-refractivity contribution in [3.8, 4) is 0 Å². The fourth-order valence-corrected chi connectivity index (χ4v) is 2.50. The summed E-state index contributed by atoms with van der Waals surface area (Å²) in [4.78, 5) is 12.5. The minimum Gasteiger partial charge on any atom is -0.326 e. The van der Waals surface area contributed by atoms with Crippen LogP contribution in [0.5, 0.6) is 0 Å². The Kier molecular flexibility index (Phi) is 6.85. The molecule has 4 N–H and O–H groups in total. The molecule has 0 aromatic heterocycles. The third kappa shape index (κ3) is 5.09. The lowest BCUT2D eigenvalue weighted by Crippen LogP contribution is -2.34. The summed E-state index contributed by atoms with van der Waals surface area (Å²) in [5, 5.41) is 6.27. The van der Waals surface area contributed by atoms with E-state index in [2.05, 4.69) is 23.3 Å². The van der Waals surface area contributed by atoms with E-state index in [1.807, 2.05) is 56.3 Å². The Morgan fingerprint density at radius 2 is 1.96 bits per heavy atom. The van der Waals surface area contributed by atoms with Gasteiger partial charge >= 0.3 is 0 Å². The summed E-state index contributed by atoms with van der Waals surface area (Å²) in [7, 11) is 0. The smallest absolute Gasteiger partial charge is 0.255 e. The molecular weight excluding hydrogens is 318 g/mol. The first kappa shape index (κ1) is 18.5. The molecule has 4 nitrogen and oxygen atoms in total. The van der Waals surface area contributed by atoms with Crippen molar-refractivity contribution in [2.45, 2.75) is 26.4 Å². The Labute approximate surface area is 149 Å². The zero-order valence-electron chi connectivity index (χ0n) is 14.2. The maximum atomic E-state index is 12.5. The Hall–Kier alpha value is -1.82. The van der Waals surface area contributed by atoms with E-state index in [0.717, 1.165) is 22.4 Å². The lowest BCUT2D eigenvalue weighted by Gasteiger charge is -2.12. The zero-order valence-corrected chi connectivity index (χ0v) is 15.1. The van der Waals surface area contributed by atoms with Crippen molar-refractivity contribution in [2.24, 2.45) is 5.73 Å². The molecule has 2 aromatic rings. The summed E-state index contributed by atoms with van der Waals surface area (Å²) in [6, 6.07) is 13.6. The number of carbonyl (C=O) groups is 1. The first-order chi connectivity index (χ1) is 11.5. The van der Waals surface area contributed by atoms with Gasteiger partial charge in [0.25, 0.3) is 5.91 Å². The molecule has 0 bridgehead atoms. The topological polar surface area (TPSA) is 67.2 Å². The van der Waals surface area contributed by atoms with E-state index in [-0.39, 0.29) is 11.9 Å². The lowest BCUT2D eigenvalue weighted by atomic mass is 10.1. The van der Waals surface area contributed by atoms with Gasteiger partial charge in [0.15, 0.2) is 0 Å². The third-order valence-electron chi connectivity index (χ3n) is 4.01. The molecule has 0 aliphatic carbocycles. The van der Waals surface area contributed by atoms with Crippen LogP contribution in [0.3, 0.4) is 0 Å². The maximum Gasteiger partial charge on any atom is 0.255 e. The van der Waals surface area contributed by atoms with Crippen LogP contribution in [0.2, 0.25) is 0 Å². The number of hydrogen-bond donors (Lipinski definition) is 4. The fourth-order valence-electron chi connectivity index (χ4n) is 2.37. The highest BCUT2D eigenvalue weighted by Crippen LogP contribution is 2.19. The number of nitrogens with two attached hydrogens (primary N) is 1. The first-order valence-corrected chi connectivity index (χ1v) is 8.68. The molecule has 0 saturated heterocycles. The number of benzene rings is 2. The number of thiol groups is 1. The molecule has 24 heavy (non-hydrogen) atoms. The first-order valence-electron chi connectivity index (χ1n) is 8.05. The van der Waals surface area contributed by atoms with Crippen molar-refractivity contribution in [2.75, 3.05) is 17.6 Å². The van der Waals surface area contributed by atoms with Gasteiger partial charge in [-0.25, -0.2) is 0 Å². The second-order valence-electron chi connectivity index (χ2n) is 5.98. The van der Waals surface area contributed by atoms with E-state index < -0.39 is 0 Å². The molecule has 0 heterocycles. The third-order valence-corrected chi connectivity index (χ3v) is 4.48. The quantitative estimate of drug-likeness (QED) is 0.585. The van der Waals surface area contributed by atoms with Crippen molar-refractivity contribution in [3.05, 3.63) is 64.7 Å². The van der Waals surface area contributed by atoms with Crippen LogP contribution in [0.4, 0.5) is 5.69 Å². The SMILES string of the molecule is Cc1cccc(NC(=O)c2cccc(CNC[C@@H](N)CS)c2)c1C. The minimum absolute atomic E-state index is 0.0316. The van der Waals surface area contributed by atoms with Crippen molar-refractivity contribution < 1.29 is 4.79 Å². The molecule has 1 amide bonds. The van der Waals surface area contributed by atoms with Gasteiger partial charge in [-0.05, 0) is 48.7 Å². The molecule has 0 unspecified atom stereocenters. The van der Waals surface area contributed by atoms with Crippen molar-refractivity contribution in [1.29, 1.82) is 0 Å². The summed E-state index contributed by atoms with van der Waals surface area (Å²) in [5.74, 6) is 0.545. The maximum absolute atomic E-state index is 12.5. The number of amides is 1. The molecule has 0 radical (unpaired) electrons. The number of nitrogens with one attached hydrogen (secondary N) is 2. The van der Waals surface area contributed by atoms with Crippen LogP contribution in [0.1, 0.15) is 27.0 Å². The van der Waals surface area contributed by atoms with Crippen molar-refractivity contribution in [3.63, 3.8) is 0 Å². The number of carbonyl (C=O) groups excluding carboxylic acids is 1. The molecule has 5 heteroatoms. The number of rotatable bonds is 7. The molecule has 0 spiro atoms. The van der Waals surface area contributed by atoms with Crippen LogP contribution in [0.25, 0.3) is 0 Å². The van der Waals surface area contributed by atoms with Gasteiger partial charge in [-0.3, -0.25) is 4.79 Å². The van der Waals surface area contributed by atoms with E-state index in [0.29, 0.717) is 24.4 Å².